The number of fused-ring (bicyclic) bond motifs is 1. The first-order valence-electron chi connectivity index (χ1n) is 9.96. The Hall–Kier alpha value is -3.71. The SMILES string of the molecule is C=C1C[C@]2(C)C(=O)Nc3nc(-c4nn(CCC(F)(F)C(F)(F)F)c5ncc(F)cc45)nc(c32)N1. The molecule has 1 amide bonds. The third-order valence-corrected chi connectivity index (χ3v) is 5.87. The minimum Gasteiger partial charge on any atom is -0.344 e. The highest BCUT2D eigenvalue weighted by Crippen LogP contribution is 2.48. The summed E-state index contributed by atoms with van der Waals surface area (Å²) < 4.78 is 79.6. The van der Waals surface area contributed by atoms with Gasteiger partial charge in [0.1, 0.15) is 23.1 Å². The van der Waals surface area contributed by atoms with Crippen LogP contribution in [-0.4, -0.2) is 42.7 Å². The number of pyridine rings is 1. The number of aromatic nitrogens is 5. The third-order valence-electron chi connectivity index (χ3n) is 5.87. The molecule has 0 unspecified atom stereocenters. The van der Waals surface area contributed by atoms with Crippen LogP contribution in [0.25, 0.3) is 22.6 Å². The molecule has 0 spiro atoms. The van der Waals surface area contributed by atoms with Gasteiger partial charge in [-0.2, -0.15) is 27.1 Å². The molecule has 1 atom stereocenters. The number of rotatable bonds is 4. The van der Waals surface area contributed by atoms with Crippen LogP contribution in [0.15, 0.2) is 24.5 Å². The number of nitrogens with one attached hydrogen (secondary N) is 2. The zero-order valence-corrected chi connectivity index (χ0v) is 17.4. The van der Waals surface area contributed by atoms with Crippen LogP contribution in [0.3, 0.4) is 0 Å². The van der Waals surface area contributed by atoms with E-state index < -0.39 is 36.3 Å². The molecule has 0 saturated heterocycles. The van der Waals surface area contributed by atoms with Gasteiger partial charge in [0, 0.05) is 25.1 Å². The van der Waals surface area contributed by atoms with Crippen molar-refractivity contribution in [2.24, 2.45) is 0 Å². The van der Waals surface area contributed by atoms with Crippen LogP contribution in [-0.2, 0) is 16.8 Å². The summed E-state index contributed by atoms with van der Waals surface area (Å²) in [5, 5.41) is 9.71. The molecule has 2 aliphatic rings. The molecule has 3 aromatic rings. The molecular weight excluding hydrogens is 468 g/mol. The first-order valence-corrected chi connectivity index (χ1v) is 9.96. The fraction of sp³-hybridized carbons (Fsp3) is 0.350. The van der Waals surface area contributed by atoms with Gasteiger partial charge in [0.15, 0.2) is 11.5 Å². The Morgan fingerprint density at radius 1 is 1.18 bits per heavy atom. The third kappa shape index (κ3) is 3.19. The van der Waals surface area contributed by atoms with Gasteiger partial charge in [-0.3, -0.25) is 4.79 Å². The Labute approximate surface area is 187 Å². The normalized spacial score (nSPS) is 19.9. The number of carbonyl (C=O) groups is 1. The molecule has 0 fully saturated rings. The first-order chi connectivity index (χ1) is 15.8. The van der Waals surface area contributed by atoms with E-state index in [4.69, 9.17) is 0 Å². The van der Waals surface area contributed by atoms with Crippen LogP contribution >= 0.6 is 0 Å². The molecule has 34 heavy (non-hydrogen) atoms. The molecule has 0 saturated carbocycles. The van der Waals surface area contributed by atoms with E-state index in [2.05, 4.69) is 37.3 Å². The van der Waals surface area contributed by atoms with Gasteiger partial charge in [0.05, 0.1) is 22.6 Å². The Morgan fingerprint density at radius 2 is 1.85 bits per heavy atom. The smallest absolute Gasteiger partial charge is 0.344 e. The maximum Gasteiger partial charge on any atom is 0.453 e. The number of aryl methyl sites for hydroxylation is 1. The van der Waals surface area contributed by atoms with Crippen molar-refractivity contribution in [3.05, 3.63) is 35.9 Å². The number of alkyl halides is 5. The fourth-order valence-corrected chi connectivity index (χ4v) is 4.18. The summed E-state index contributed by atoms with van der Waals surface area (Å²) in [6.07, 6.45) is -6.24. The van der Waals surface area contributed by atoms with E-state index in [9.17, 15) is 31.1 Å². The summed E-state index contributed by atoms with van der Waals surface area (Å²) in [6, 6.07) is 1.00. The van der Waals surface area contributed by atoms with Crippen LogP contribution in [0.5, 0.6) is 0 Å². The van der Waals surface area contributed by atoms with Gasteiger partial charge in [-0.25, -0.2) is 24.0 Å². The number of anilines is 2. The van der Waals surface area contributed by atoms with Crippen LogP contribution in [0.2, 0.25) is 0 Å². The minimum absolute atomic E-state index is 0.00389. The molecule has 178 valence electrons. The summed E-state index contributed by atoms with van der Waals surface area (Å²) in [5.74, 6) is -5.74. The van der Waals surface area contributed by atoms with Crippen molar-refractivity contribution in [3.63, 3.8) is 0 Å². The summed E-state index contributed by atoms with van der Waals surface area (Å²) in [6.45, 7) is 4.70. The Kier molecular flexibility index (Phi) is 4.48. The number of hydrogen-bond donors (Lipinski definition) is 2. The zero-order valence-electron chi connectivity index (χ0n) is 17.4. The Morgan fingerprint density at radius 3 is 2.53 bits per heavy atom. The molecule has 5 rings (SSSR count). The van der Waals surface area contributed by atoms with Crippen LogP contribution in [0, 0.1) is 5.82 Å². The number of halogens is 6. The van der Waals surface area contributed by atoms with E-state index in [1.165, 1.54) is 0 Å². The molecule has 0 radical (unpaired) electrons. The van der Waals surface area contributed by atoms with Crippen molar-refractivity contribution in [2.45, 2.75) is 43.8 Å². The van der Waals surface area contributed by atoms with Crippen molar-refractivity contribution >= 4 is 28.6 Å². The molecule has 2 N–H and O–H groups in total. The highest BCUT2D eigenvalue weighted by molar-refractivity contribution is 6.08. The van der Waals surface area contributed by atoms with Gasteiger partial charge in [-0.05, 0) is 13.0 Å². The molecular formula is C20H15F6N7O. The van der Waals surface area contributed by atoms with E-state index in [1.807, 2.05) is 0 Å². The van der Waals surface area contributed by atoms with E-state index >= 15 is 0 Å². The lowest BCUT2D eigenvalue weighted by Crippen LogP contribution is -2.37. The molecule has 8 nitrogen and oxygen atoms in total. The van der Waals surface area contributed by atoms with E-state index in [0.717, 1.165) is 16.9 Å². The van der Waals surface area contributed by atoms with Crippen molar-refractivity contribution in [2.75, 3.05) is 10.6 Å². The molecule has 14 heteroatoms. The predicted molar refractivity (Wildman–Crippen MR) is 107 cm³/mol. The van der Waals surface area contributed by atoms with Crippen LogP contribution < -0.4 is 10.6 Å². The lowest BCUT2D eigenvalue weighted by Gasteiger charge is -2.30. The van der Waals surface area contributed by atoms with Crippen molar-refractivity contribution in [1.82, 2.24) is 24.7 Å². The average Bonchev–Trinajstić information content (AvgIpc) is 3.20. The molecule has 5 heterocycles. The van der Waals surface area contributed by atoms with Crippen molar-refractivity contribution in [1.29, 1.82) is 0 Å². The minimum atomic E-state index is -5.73. The van der Waals surface area contributed by atoms with Crippen LogP contribution in [0.4, 0.5) is 38.0 Å². The first kappa shape index (κ1) is 22.1. The van der Waals surface area contributed by atoms with Crippen LogP contribution in [0.1, 0.15) is 25.3 Å². The van der Waals surface area contributed by atoms with Gasteiger partial charge < -0.3 is 10.6 Å². The second-order valence-electron chi connectivity index (χ2n) is 8.36. The summed E-state index contributed by atoms with van der Waals surface area (Å²) >= 11 is 0. The maximum atomic E-state index is 14.0. The lowest BCUT2D eigenvalue weighted by molar-refractivity contribution is -0.285. The standard InChI is InChI=1S/C20H15F6N7O/c1-8-6-18(2)11-13(28-8)29-15(30-14(11)31-17(18)34)12-10-5-9(21)7-27-16(10)33(32-12)4-3-19(22,23)20(24,25)26/h5,7H,1,3-4,6H2,2H3,(H2,28,29,30,31,34)/t18-/m0/s1. The van der Waals surface area contributed by atoms with Gasteiger partial charge in [-0.15, -0.1) is 0 Å². The maximum absolute atomic E-state index is 14.0. The molecule has 0 aliphatic carbocycles. The molecule has 0 bridgehead atoms. The summed E-state index contributed by atoms with van der Waals surface area (Å²) in [5.41, 5.74) is -0.161. The molecule has 2 aliphatic heterocycles. The number of allylic oxidation sites excluding steroid dienone is 1. The lowest BCUT2D eigenvalue weighted by atomic mass is 9.78. The monoisotopic (exact) mass is 483 g/mol. The van der Waals surface area contributed by atoms with E-state index in [1.54, 1.807) is 6.92 Å². The second-order valence-corrected chi connectivity index (χ2v) is 8.36. The highest BCUT2D eigenvalue weighted by Gasteiger charge is 2.57. The van der Waals surface area contributed by atoms with Gasteiger partial charge in [0.25, 0.3) is 0 Å². The topological polar surface area (TPSA) is 97.6 Å². The summed E-state index contributed by atoms with van der Waals surface area (Å²) in [4.78, 5) is 25.1. The number of hydrogen-bond acceptors (Lipinski definition) is 6. The van der Waals surface area contributed by atoms with Gasteiger partial charge >= 0.3 is 12.1 Å². The van der Waals surface area contributed by atoms with Crippen molar-refractivity contribution in [3.8, 4) is 11.5 Å². The van der Waals surface area contributed by atoms with E-state index in [0.29, 0.717) is 17.7 Å². The Balaban J connectivity index is 1.63. The Bertz CT molecular complexity index is 1380. The molecule has 3 aromatic heterocycles. The quantitative estimate of drug-likeness (QED) is 0.541. The van der Waals surface area contributed by atoms with Gasteiger partial charge in [0.2, 0.25) is 5.91 Å². The van der Waals surface area contributed by atoms with E-state index in [-0.39, 0.29) is 40.1 Å². The number of nitrogens with zero attached hydrogens (tertiary/aromatic N) is 5. The summed E-state index contributed by atoms with van der Waals surface area (Å²) in [7, 11) is 0. The second kappa shape index (κ2) is 6.90. The number of carbonyl (C=O) groups excluding carboxylic acids is 1. The fourth-order valence-electron chi connectivity index (χ4n) is 4.18. The van der Waals surface area contributed by atoms with Crippen molar-refractivity contribution < 1.29 is 31.1 Å². The number of amides is 1. The van der Waals surface area contributed by atoms with Gasteiger partial charge in [-0.1, -0.05) is 6.58 Å². The largest absolute Gasteiger partial charge is 0.453 e. The highest BCUT2D eigenvalue weighted by atomic mass is 19.4. The predicted octanol–water partition coefficient (Wildman–Crippen LogP) is 4.15. The zero-order chi connectivity index (χ0) is 24.6. The molecule has 0 aromatic carbocycles. The average molecular weight is 483 g/mol.